The van der Waals surface area contributed by atoms with Gasteiger partial charge in [0.25, 0.3) is 0 Å². The second-order valence-electron chi connectivity index (χ2n) is 9.87. The molecule has 1 aromatic carbocycles. The minimum Gasteiger partial charge on any atom is -0.463 e. The summed E-state index contributed by atoms with van der Waals surface area (Å²) in [6, 6.07) is 11.3. The second-order valence-corrected chi connectivity index (χ2v) is 9.87. The standard InChI is InChI=1S/C30H36N2O11/c1-7-21-8-10-22(11-9-21)14-23-12-13-25(31-16(2)33)32-29(23)43-30-28(41-20(6)37)27(40-19(5)36)26(39-18(4)35)24(42-30)15-38-17(3)34/h8-13,24,26-28,30H,7,14-15H2,1-6H3,(H,31,32,33)/t24-,26-,27+,28-,30+/m1/s1. The van der Waals surface area contributed by atoms with Crippen molar-refractivity contribution >= 4 is 35.6 Å². The lowest BCUT2D eigenvalue weighted by atomic mass is 9.98. The maximum Gasteiger partial charge on any atom is 0.303 e. The van der Waals surface area contributed by atoms with Crippen molar-refractivity contribution in [1.29, 1.82) is 0 Å². The number of aromatic nitrogens is 1. The molecule has 0 bridgehead atoms. The van der Waals surface area contributed by atoms with Crippen LogP contribution in [0.4, 0.5) is 5.82 Å². The van der Waals surface area contributed by atoms with Crippen molar-refractivity contribution < 1.29 is 52.4 Å². The van der Waals surface area contributed by atoms with E-state index in [1.54, 1.807) is 12.1 Å². The van der Waals surface area contributed by atoms with Crippen molar-refractivity contribution in [1.82, 2.24) is 4.98 Å². The van der Waals surface area contributed by atoms with E-state index < -0.39 is 61.2 Å². The van der Waals surface area contributed by atoms with E-state index in [1.807, 2.05) is 24.3 Å². The Balaban J connectivity index is 2.07. The number of ether oxygens (including phenoxy) is 6. The number of rotatable bonds is 11. The molecule has 1 saturated heterocycles. The highest BCUT2D eigenvalue weighted by Gasteiger charge is 2.53. The van der Waals surface area contributed by atoms with Crippen LogP contribution >= 0.6 is 0 Å². The Morgan fingerprint density at radius 1 is 0.767 bits per heavy atom. The first-order chi connectivity index (χ1) is 20.4. The first kappa shape index (κ1) is 33.0. The lowest BCUT2D eigenvalue weighted by Gasteiger charge is -2.43. The summed E-state index contributed by atoms with van der Waals surface area (Å²) < 4.78 is 33.8. The Kier molecular flexibility index (Phi) is 11.6. The molecule has 1 N–H and O–H groups in total. The lowest BCUT2D eigenvalue weighted by Crippen LogP contribution is -2.63. The van der Waals surface area contributed by atoms with E-state index in [2.05, 4.69) is 17.2 Å². The number of hydrogen-bond donors (Lipinski definition) is 1. The molecular weight excluding hydrogens is 564 g/mol. The number of carbonyl (C=O) groups is 5. The minimum atomic E-state index is -1.48. The van der Waals surface area contributed by atoms with Crippen LogP contribution in [0.25, 0.3) is 0 Å². The summed E-state index contributed by atoms with van der Waals surface area (Å²) in [6.07, 6.45) is -5.61. The normalized spacial score (nSPS) is 21.2. The highest BCUT2D eigenvalue weighted by Crippen LogP contribution is 2.32. The van der Waals surface area contributed by atoms with Crippen LogP contribution in [-0.4, -0.2) is 72.1 Å². The van der Waals surface area contributed by atoms with Crippen LogP contribution in [0.3, 0.4) is 0 Å². The van der Waals surface area contributed by atoms with Gasteiger partial charge in [0.1, 0.15) is 18.5 Å². The molecule has 0 saturated carbocycles. The Bertz CT molecular complexity index is 1330. The number of nitrogens with zero attached hydrogens (tertiary/aromatic N) is 1. The van der Waals surface area contributed by atoms with E-state index in [0.29, 0.717) is 12.0 Å². The van der Waals surface area contributed by atoms with Gasteiger partial charge in [-0.3, -0.25) is 24.0 Å². The number of hydrogen-bond acceptors (Lipinski definition) is 12. The van der Waals surface area contributed by atoms with E-state index in [4.69, 9.17) is 28.4 Å². The molecule has 13 heteroatoms. The van der Waals surface area contributed by atoms with Gasteiger partial charge in [0.15, 0.2) is 12.2 Å². The van der Waals surface area contributed by atoms with Gasteiger partial charge in [-0.1, -0.05) is 31.2 Å². The minimum absolute atomic E-state index is 0.0201. The summed E-state index contributed by atoms with van der Waals surface area (Å²) in [5.41, 5.74) is 2.70. The number of esters is 4. The fourth-order valence-electron chi connectivity index (χ4n) is 4.46. The molecule has 13 nitrogen and oxygen atoms in total. The number of benzene rings is 1. The molecule has 3 rings (SSSR count). The third-order valence-corrected chi connectivity index (χ3v) is 6.24. The lowest BCUT2D eigenvalue weighted by molar-refractivity contribution is -0.289. The highest BCUT2D eigenvalue weighted by molar-refractivity contribution is 5.87. The molecule has 1 aliphatic heterocycles. The SMILES string of the molecule is CCc1ccc(Cc2ccc(NC(C)=O)nc2O[C@@H]2O[C@H](COC(C)=O)[C@@H](OC(C)=O)[C@H](OC(C)=O)[C@H]2OC(C)=O)cc1. The fraction of sp³-hybridized carbons (Fsp3) is 0.467. The van der Waals surface area contributed by atoms with Gasteiger partial charge in [0.2, 0.25) is 24.2 Å². The molecule has 0 spiro atoms. The summed E-state index contributed by atoms with van der Waals surface area (Å²) in [5.74, 6) is -3.10. The molecule has 5 atom stereocenters. The van der Waals surface area contributed by atoms with Gasteiger partial charge in [-0.25, -0.2) is 0 Å². The summed E-state index contributed by atoms with van der Waals surface area (Å²) in [5, 5.41) is 2.60. The summed E-state index contributed by atoms with van der Waals surface area (Å²) in [6.45, 7) is 7.54. The number of carbonyl (C=O) groups excluding carboxylic acids is 5. The average Bonchev–Trinajstić information content (AvgIpc) is 2.91. The van der Waals surface area contributed by atoms with Crippen LogP contribution in [0.1, 0.15) is 58.2 Å². The largest absolute Gasteiger partial charge is 0.463 e. The number of nitrogens with one attached hydrogen (secondary N) is 1. The molecule has 1 fully saturated rings. The predicted octanol–water partition coefficient (Wildman–Crippen LogP) is 2.66. The van der Waals surface area contributed by atoms with Gasteiger partial charge in [-0.15, -0.1) is 0 Å². The summed E-state index contributed by atoms with van der Waals surface area (Å²) >= 11 is 0. The fourth-order valence-corrected chi connectivity index (χ4v) is 4.46. The maximum atomic E-state index is 12.2. The van der Waals surface area contributed by atoms with Crippen LogP contribution in [0.15, 0.2) is 36.4 Å². The summed E-state index contributed by atoms with van der Waals surface area (Å²) in [7, 11) is 0. The molecule has 43 heavy (non-hydrogen) atoms. The maximum absolute atomic E-state index is 12.2. The van der Waals surface area contributed by atoms with Gasteiger partial charge in [-0.05, 0) is 29.7 Å². The number of anilines is 1. The smallest absolute Gasteiger partial charge is 0.303 e. The topological polar surface area (TPSA) is 166 Å². The Morgan fingerprint density at radius 3 is 1.91 bits per heavy atom. The van der Waals surface area contributed by atoms with Gasteiger partial charge in [0, 0.05) is 46.6 Å². The van der Waals surface area contributed by atoms with Crippen molar-refractivity contribution in [2.24, 2.45) is 0 Å². The van der Waals surface area contributed by atoms with Crippen LogP contribution in [0, 0.1) is 0 Å². The van der Waals surface area contributed by atoms with E-state index in [0.717, 1.165) is 38.3 Å². The molecule has 1 amide bonds. The Morgan fingerprint density at radius 2 is 1.35 bits per heavy atom. The molecule has 2 heterocycles. The predicted molar refractivity (Wildman–Crippen MR) is 150 cm³/mol. The number of aryl methyl sites for hydroxylation is 1. The first-order valence-electron chi connectivity index (χ1n) is 13.7. The number of pyridine rings is 1. The van der Waals surface area contributed by atoms with Gasteiger partial charge in [0.05, 0.1) is 0 Å². The summed E-state index contributed by atoms with van der Waals surface area (Å²) in [4.78, 5) is 64.2. The Hall–Kier alpha value is -4.52. The molecule has 0 aliphatic carbocycles. The van der Waals surface area contributed by atoms with Crippen LogP contribution < -0.4 is 10.1 Å². The molecule has 0 unspecified atom stereocenters. The molecule has 0 radical (unpaired) electrons. The zero-order valence-electron chi connectivity index (χ0n) is 24.9. The quantitative estimate of drug-likeness (QED) is 0.296. The van der Waals surface area contributed by atoms with Crippen molar-refractivity contribution in [3.05, 3.63) is 53.1 Å². The molecular formula is C30H36N2O11. The van der Waals surface area contributed by atoms with Crippen molar-refractivity contribution in [2.45, 2.75) is 85.1 Å². The monoisotopic (exact) mass is 600 g/mol. The highest BCUT2D eigenvalue weighted by atomic mass is 16.7. The van der Waals surface area contributed by atoms with Gasteiger partial charge < -0.3 is 33.7 Å². The van der Waals surface area contributed by atoms with Crippen molar-refractivity contribution in [2.75, 3.05) is 11.9 Å². The molecule has 232 valence electrons. The Labute approximate surface area is 249 Å². The van der Waals surface area contributed by atoms with Crippen molar-refractivity contribution in [3.8, 4) is 5.88 Å². The number of amides is 1. The van der Waals surface area contributed by atoms with E-state index in [-0.39, 0.29) is 17.6 Å². The van der Waals surface area contributed by atoms with Gasteiger partial charge in [-0.2, -0.15) is 4.98 Å². The van der Waals surface area contributed by atoms with Crippen LogP contribution in [-0.2, 0) is 60.5 Å². The zero-order valence-corrected chi connectivity index (χ0v) is 24.9. The van der Waals surface area contributed by atoms with Crippen molar-refractivity contribution in [3.63, 3.8) is 0 Å². The first-order valence-corrected chi connectivity index (χ1v) is 13.7. The van der Waals surface area contributed by atoms with E-state index >= 15 is 0 Å². The molecule has 2 aromatic rings. The molecule has 1 aliphatic rings. The van der Waals surface area contributed by atoms with E-state index in [1.165, 1.54) is 13.8 Å². The second kappa shape index (κ2) is 15.1. The van der Waals surface area contributed by atoms with Crippen LogP contribution in [0.2, 0.25) is 0 Å². The average molecular weight is 601 g/mol. The molecule has 1 aromatic heterocycles. The van der Waals surface area contributed by atoms with E-state index in [9.17, 15) is 24.0 Å². The van der Waals surface area contributed by atoms with Gasteiger partial charge >= 0.3 is 23.9 Å². The third-order valence-electron chi connectivity index (χ3n) is 6.24. The van der Waals surface area contributed by atoms with Crippen LogP contribution in [0.5, 0.6) is 5.88 Å². The zero-order chi connectivity index (χ0) is 31.7. The third kappa shape index (κ3) is 9.77.